The summed E-state index contributed by atoms with van der Waals surface area (Å²) in [5.74, 6) is -1.43. The standard InChI is InChI=1S/C24H28N2O6/c27-20-15-18-14-19(25-32-17-22(29)26-11-7-5-8-12-26)10-6-3-1-2-4-9-13-31-24(30)23(18)21(28)16-20/h2,4-7,10,14-16,25,27-28H,1,3,8-9,11-13,17H2/b4-2?,10-6?,19-14-. The van der Waals surface area contributed by atoms with E-state index >= 15 is 0 Å². The summed E-state index contributed by atoms with van der Waals surface area (Å²) in [5.41, 5.74) is 3.37. The van der Waals surface area contributed by atoms with Gasteiger partial charge in [0.2, 0.25) is 0 Å². The highest BCUT2D eigenvalue weighted by Gasteiger charge is 2.19. The molecule has 2 aliphatic heterocycles. The van der Waals surface area contributed by atoms with Crippen LogP contribution in [0.2, 0.25) is 0 Å². The molecule has 32 heavy (non-hydrogen) atoms. The lowest BCUT2D eigenvalue weighted by atomic mass is 10.0. The van der Waals surface area contributed by atoms with Crippen LogP contribution in [-0.4, -0.2) is 53.3 Å². The van der Waals surface area contributed by atoms with Crippen LogP contribution in [0.4, 0.5) is 0 Å². The van der Waals surface area contributed by atoms with Gasteiger partial charge in [0.05, 0.1) is 12.3 Å². The fourth-order valence-corrected chi connectivity index (χ4v) is 3.32. The molecule has 8 heteroatoms. The summed E-state index contributed by atoms with van der Waals surface area (Å²) < 4.78 is 5.26. The Bertz CT molecular complexity index is 948. The molecule has 8 nitrogen and oxygen atoms in total. The maximum Gasteiger partial charge on any atom is 0.342 e. The molecule has 1 aromatic rings. The fourth-order valence-electron chi connectivity index (χ4n) is 3.32. The number of esters is 1. The molecule has 0 saturated heterocycles. The first-order valence-electron chi connectivity index (χ1n) is 10.6. The summed E-state index contributed by atoms with van der Waals surface area (Å²) in [6.45, 7) is 1.23. The molecular weight excluding hydrogens is 412 g/mol. The predicted molar refractivity (Wildman–Crippen MR) is 120 cm³/mol. The third-order valence-electron chi connectivity index (χ3n) is 4.93. The van der Waals surface area contributed by atoms with E-state index in [0.717, 1.165) is 25.3 Å². The van der Waals surface area contributed by atoms with Crippen molar-refractivity contribution in [1.29, 1.82) is 0 Å². The largest absolute Gasteiger partial charge is 0.508 e. The van der Waals surface area contributed by atoms with Gasteiger partial charge in [-0.2, -0.15) is 0 Å². The second-order valence-corrected chi connectivity index (χ2v) is 7.40. The molecule has 1 amide bonds. The van der Waals surface area contributed by atoms with Crippen molar-refractivity contribution >= 4 is 18.0 Å². The van der Waals surface area contributed by atoms with Crippen molar-refractivity contribution < 1.29 is 29.4 Å². The highest BCUT2D eigenvalue weighted by Crippen LogP contribution is 2.29. The molecule has 0 saturated carbocycles. The van der Waals surface area contributed by atoms with Crippen LogP contribution in [0.1, 0.15) is 41.6 Å². The normalized spacial score (nSPS) is 18.8. The Labute approximate surface area is 187 Å². The van der Waals surface area contributed by atoms with Crippen LogP contribution in [0.5, 0.6) is 11.5 Å². The molecule has 2 heterocycles. The number of carbonyl (C=O) groups is 2. The second kappa shape index (κ2) is 11.8. The zero-order valence-corrected chi connectivity index (χ0v) is 17.8. The number of hydroxylamine groups is 1. The summed E-state index contributed by atoms with van der Waals surface area (Å²) in [6, 6.07) is 2.44. The molecule has 0 bridgehead atoms. The van der Waals surface area contributed by atoms with Gasteiger partial charge in [0.25, 0.3) is 5.91 Å². The Kier molecular flexibility index (Phi) is 8.51. The van der Waals surface area contributed by atoms with Crippen molar-refractivity contribution in [2.75, 3.05) is 26.3 Å². The molecule has 3 rings (SSSR count). The van der Waals surface area contributed by atoms with Gasteiger partial charge < -0.3 is 19.8 Å². The van der Waals surface area contributed by atoms with Gasteiger partial charge in [-0.05, 0) is 49.5 Å². The molecule has 0 radical (unpaired) electrons. The number of carbonyl (C=O) groups excluding carboxylic acids is 2. The zero-order chi connectivity index (χ0) is 22.8. The summed E-state index contributed by atoms with van der Waals surface area (Å²) in [6.07, 6.45) is 16.1. The van der Waals surface area contributed by atoms with E-state index in [0.29, 0.717) is 25.2 Å². The van der Waals surface area contributed by atoms with Crippen LogP contribution >= 0.6 is 0 Å². The zero-order valence-electron chi connectivity index (χ0n) is 17.8. The van der Waals surface area contributed by atoms with Gasteiger partial charge in [0.15, 0.2) is 6.61 Å². The molecule has 0 aromatic heterocycles. The average molecular weight is 440 g/mol. The number of fused-ring (bicyclic) bond motifs is 1. The minimum Gasteiger partial charge on any atom is -0.508 e. The van der Waals surface area contributed by atoms with Crippen molar-refractivity contribution in [2.24, 2.45) is 0 Å². The number of hydrogen-bond donors (Lipinski definition) is 3. The van der Waals surface area contributed by atoms with E-state index in [4.69, 9.17) is 9.57 Å². The first-order chi connectivity index (χ1) is 15.5. The maximum atomic E-state index is 12.5. The topological polar surface area (TPSA) is 108 Å². The molecule has 0 spiro atoms. The summed E-state index contributed by atoms with van der Waals surface area (Å²) >= 11 is 0. The number of aromatic hydroxyl groups is 2. The van der Waals surface area contributed by atoms with Crippen molar-refractivity contribution in [2.45, 2.75) is 25.7 Å². The van der Waals surface area contributed by atoms with E-state index < -0.39 is 5.97 Å². The summed E-state index contributed by atoms with van der Waals surface area (Å²) in [5, 5.41) is 20.2. The van der Waals surface area contributed by atoms with E-state index in [2.05, 4.69) is 5.48 Å². The van der Waals surface area contributed by atoms with Crippen molar-refractivity contribution in [3.63, 3.8) is 0 Å². The second-order valence-electron chi connectivity index (χ2n) is 7.40. The Morgan fingerprint density at radius 3 is 2.66 bits per heavy atom. The Morgan fingerprint density at radius 1 is 1.06 bits per heavy atom. The molecule has 1 aromatic carbocycles. The average Bonchev–Trinajstić information content (AvgIpc) is 2.77. The van der Waals surface area contributed by atoms with Crippen molar-refractivity contribution in [3.8, 4) is 11.5 Å². The lowest BCUT2D eigenvalue weighted by molar-refractivity contribution is -0.137. The van der Waals surface area contributed by atoms with E-state index in [1.165, 1.54) is 6.07 Å². The van der Waals surface area contributed by atoms with Gasteiger partial charge in [-0.1, -0.05) is 30.4 Å². The van der Waals surface area contributed by atoms with Crippen LogP contribution in [0.3, 0.4) is 0 Å². The molecule has 0 aliphatic carbocycles. The maximum absolute atomic E-state index is 12.5. The van der Waals surface area contributed by atoms with Crippen LogP contribution < -0.4 is 5.48 Å². The number of phenolic OH excluding ortho intramolecular Hbond substituents is 2. The van der Waals surface area contributed by atoms with Crippen LogP contribution in [-0.2, 0) is 14.4 Å². The van der Waals surface area contributed by atoms with Gasteiger partial charge in [-0.25, -0.2) is 4.79 Å². The number of amides is 1. The van der Waals surface area contributed by atoms with Crippen LogP contribution in [0.25, 0.3) is 6.08 Å². The molecule has 0 fully saturated rings. The van der Waals surface area contributed by atoms with Crippen molar-refractivity contribution in [1.82, 2.24) is 10.4 Å². The molecule has 3 N–H and O–H groups in total. The van der Waals surface area contributed by atoms with E-state index in [9.17, 15) is 19.8 Å². The monoisotopic (exact) mass is 440 g/mol. The van der Waals surface area contributed by atoms with Crippen LogP contribution in [0.15, 0.2) is 54.3 Å². The molecule has 0 atom stereocenters. The number of nitrogens with one attached hydrogen (secondary N) is 1. The lowest BCUT2D eigenvalue weighted by Gasteiger charge is -2.23. The van der Waals surface area contributed by atoms with Gasteiger partial charge in [-0.15, -0.1) is 0 Å². The van der Waals surface area contributed by atoms with Gasteiger partial charge in [-0.3, -0.25) is 15.1 Å². The predicted octanol–water partition coefficient (Wildman–Crippen LogP) is 3.20. The molecule has 170 valence electrons. The number of cyclic esters (lactones) is 1. The van der Waals surface area contributed by atoms with E-state index in [-0.39, 0.29) is 41.7 Å². The highest BCUT2D eigenvalue weighted by atomic mass is 16.6. The number of nitrogens with zero attached hydrogens (tertiary/aromatic N) is 1. The number of phenols is 2. The smallest absolute Gasteiger partial charge is 0.342 e. The number of allylic oxidation sites excluding steroid dienone is 3. The molecule has 0 unspecified atom stereocenters. The highest BCUT2D eigenvalue weighted by molar-refractivity contribution is 5.97. The van der Waals surface area contributed by atoms with Crippen LogP contribution in [0, 0.1) is 0 Å². The first kappa shape index (κ1) is 23.1. The Balaban J connectivity index is 1.81. The van der Waals surface area contributed by atoms with Gasteiger partial charge in [0, 0.05) is 19.2 Å². The van der Waals surface area contributed by atoms with Gasteiger partial charge in [0.1, 0.15) is 17.1 Å². The molecule has 2 aliphatic rings. The Hall–Kier alpha value is -3.52. The summed E-state index contributed by atoms with van der Waals surface area (Å²) in [4.78, 5) is 32.0. The fraction of sp³-hybridized carbons (Fsp3) is 0.333. The first-order valence-corrected chi connectivity index (χ1v) is 10.6. The SMILES string of the molecule is O=C1OCCC=CCCC=C/C(NOCC(=O)N2CC=CCC2)=C/c2cc(O)cc(O)c21. The number of hydrogen-bond acceptors (Lipinski definition) is 7. The van der Waals surface area contributed by atoms with E-state index in [1.54, 1.807) is 17.1 Å². The minimum atomic E-state index is -0.697. The lowest BCUT2D eigenvalue weighted by Crippen LogP contribution is -2.37. The quantitative estimate of drug-likeness (QED) is 0.375. The number of ether oxygens (including phenoxy) is 1. The van der Waals surface area contributed by atoms with Crippen molar-refractivity contribution in [3.05, 3.63) is 65.4 Å². The number of rotatable bonds is 4. The molecular formula is C24H28N2O6. The van der Waals surface area contributed by atoms with E-state index in [1.807, 2.05) is 30.4 Å². The van der Waals surface area contributed by atoms with Gasteiger partial charge >= 0.3 is 5.97 Å². The third-order valence-corrected chi connectivity index (χ3v) is 4.93. The Morgan fingerprint density at radius 2 is 1.84 bits per heavy atom. The summed E-state index contributed by atoms with van der Waals surface area (Å²) in [7, 11) is 0. The minimum absolute atomic E-state index is 0.0623. The third kappa shape index (κ3) is 6.75. The number of benzene rings is 1.